The summed E-state index contributed by atoms with van der Waals surface area (Å²) in [5.74, 6) is 0.197. The fourth-order valence-electron chi connectivity index (χ4n) is 4.95. The molecule has 2 atom stereocenters. The van der Waals surface area contributed by atoms with Gasteiger partial charge in [0, 0.05) is 38.8 Å². The van der Waals surface area contributed by atoms with Crippen molar-refractivity contribution in [2.45, 2.75) is 38.5 Å². The molecule has 5 rings (SSSR count). The molecule has 2 aliphatic heterocycles. The number of rotatable bonds is 4. The third kappa shape index (κ3) is 4.01. The van der Waals surface area contributed by atoms with Gasteiger partial charge in [-0.05, 0) is 61.6 Å². The van der Waals surface area contributed by atoms with Crippen LogP contribution in [0, 0.1) is 0 Å². The molecule has 8 heteroatoms. The van der Waals surface area contributed by atoms with Crippen LogP contribution in [0.15, 0.2) is 63.4 Å². The first kappa shape index (κ1) is 23.0. The van der Waals surface area contributed by atoms with E-state index in [0.29, 0.717) is 46.2 Å². The van der Waals surface area contributed by atoms with Crippen molar-refractivity contribution in [1.29, 1.82) is 0 Å². The Morgan fingerprint density at radius 3 is 2.59 bits per heavy atom. The predicted molar refractivity (Wildman–Crippen MR) is 131 cm³/mol. The van der Waals surface area contributed by atoms with E-state index in [-0.39, 0.29) is 25.1 Å². The Labute approximate surface area is 211 Å². The van der Waals surface area contributed by atoms with Crippen molar-refractivity contribution in [3.63, 3.8) is 0 Å². The smallest absolute Gasteiger partial charge is 0.336 e. The van der Waals surface area contributed by atoms with E-state index in [4.69, 9.17) is 25.8 Å². The number of fused-ring (bicyclic) bond motifs is 1. The number of ketones is 1. The number of allylic oxidation sites excluding steroid dienone is 3. The molecule has 0 aromatic heterocycles. The van der Waals surface area contributed by atoms with Crippen molar-refractivity contribution >= 4 is 39.3 Å². The van der Waals surface area contributed by atoms with Crippen molar-refractivity contribution in [1.82, 2.24) is 5.32 Å². The minimum absolute atomic E-state index is 0.00225. The molecule has 2 aromatic rings. The number of dihydropyridines is 1. The molecule has 34 heavy (non-hydrogen) atoms. The van der Waals surface area contributed by atoms with Crippen LogP contribution in [-0.4, -0.2) is 25.2 Å². The summed E-state index contributed by atoms with van der Waals surface area (Å²) >= 11 is 9.70. The highest BCUT2D eigenvalue weighted by atomic mass is 79.9. The van der Waals surface area contributed by atoms with Crippen molar-refractivity contribution in [2.24, 2.45) is 0 Å². The maximum atomic E-state index is 13.7. The zero-order valence-electron chi connectivity index (χ0n) is 18.7. The van der Waals surface area contributed by atoms with Gasteiger partial charge in [0.1, 0.15) is 0 Å². The highest BCUT2D eigenvalue weighted by Gasteiger charge is 2.42. The number of halogens is 2. The number of carbonyl (C=O) groups excluding carboxylic acids is 2. The van der Waals surface area contributed by atoms with Crippen molar-refractivity contribution in [3.05, 3.63) is 79.6 Å². The molecule has 3 aliphatic rings. The summed E-state index contributed by atoms with van der Waals surface area (Å²) < 4.78 is 17.2. The molecule has 6 nitrogen and oxygen atoms in total. The van der Waals surface area contributed by atoms with Gasteiger partial charge in [-0.2, -0.15) is 0 Å². The summed E-state index contributed by atoms with van der Waals surface area (Å²) in [5, 5.41) is 4.02. The number of hydrogen-bond acceptors (Lipinski definition) is 6. The number of nitrogens with one attached hydrogen (secondary N) is 1. The molecule has 0 fully saturated rings. The van der Waals surface area contributed by atoms with Gasteiger partial charge < -0.3 is 19.5 Å². The Balaban J connectivity index is 1.62. The minimum atomic E-state index is -0.585. The monoisotopic (exact) mass is 543 g/mol. The second-order valence-corrected chi connectivity index (χ2v) is 9.81. The lowest BCUT2D eigenvalue weighted by molar-refractivity contribution is -0.138. The maximum absolute atomic E-state index is 13.7. The SMILES string of the molecule is CCOC(=O)C1=C(C)NC2=C(C(=O)C[C@H](c3ccc(Cl)cc3)C2)[C@H]1c1cc2c(cc1Br)OCO2. The summed E-state index contributed by atoms with van der Waals surface area (Å²) in [6.07, 6.45) is 0.991. The Kier molecular flexibility index (Phi) is 6.16. The Morgan fingerprint density at radius 1 is 1.18 bits per heavy atom. The highest BCUT2D eigenvalue weighted by Crippen LogP contribution is 2.49. The fourth-order valence-corrected chi connectivity index (χ4v) is 5.63. The van der Waals surface area contributed by atoms with Gasteiger partial charge in [-0.15, -0.1) is 0 Å². The van der Waals surface area contributed by atoms with Gasteiger partial charge >= 0.3 is 5.97 Å². The van der Waals surface area contributed by atoms with Gasteiger partial charge in [0.2, 0.25) is 6.79 Å². The van der Waals surface area contributed by atoms with Crippen LogP contribution in [-0.2, 0) is 14.3 Å². The Morgan fingerprint density at radius 2 is 1.88 bits per heavy atom. The van der Waals surface area contributed by atoms with E-state index in [9.17, 15) is 9.59 Å². The molecule has 2 aromatic carbocycles. The van der Waals surface area contributed by atoms with Crippen molar-refractivity contribution < 1.29 is 23.8 Å². The largest absolute Gasteiger partial charge is 0.463 e. The molecule has 0 radical (unpaired) electrons. The third-order valence-electron chi connectivity index (χ3n) is 6.47. The van der Waals surface area contributed by atoms with Crippen molar-refractivity contribution in [2.75, 3.05) is 13.4 Å². The van der Waals surface area contributed by atoms with E-state index in [1.54, 1.807) is 6.92 Å². The van der Waals surface area contributed by atoms with Crippen LogP contribution in [0.2, 0.25) is 5.02 Å². The molecular weight excluding hydrogens is 522 g/mol. The molecule has 0 saturated carbocycles. The summed E-state index contributed by atoms with van der Waals surface area (Å²) in [7, 11) is 0. The molecule has 176 valence electrons. The number of ether oxygens (including phenoxy) is 3. The Hall–Kier alpha value is -2.77. The first-order valence-corrected chi connectivity index (χ1v) is 12.3. The molecular formula is C26H23BrClNO5. The molecule has 0 bridgehead atoms. The van der Waals surface area contributed by atoms with Crippen LogP contribution < -0.4 is 14.8 Å². The number of Topliss-reactive ketones (excluding diaryl/α,β-unsaturated/α-hetero) is 1. The standard InChI is InChI=1S/C26H23BrClNO5/c1-3-32-26(31)23-13(2)29-19-8-15(14-4-6-16(28)7-5-14)9-20(30)25(19)24(23)17-10-21-22(11-18(17)27)34-12-33-21/h4-7,10-11,15,24,29H,3,8-9,12H2,1-2H3/t15-,24+/m1/s1. The van der Waals surface area contributed by atoms with E-state index in [0.717, 1.165) is 21.3 Å². The van der Waals surface area contributed by atoms with Crippen LogP contribution in [0.3, 0.4) is 0 Å². The number of benzene rings is 2. The second kappa shape index (κ2) is 9.12. The first-order chi connectivity index (χ1) is 16.4. The average molecular weight is 545 g/mol. The first-order valence-electron chi connectivity index (χ1n) is 11.1. The average Bonchev–Trinajstić information content (AvgIpc) is 3.25. The topological polar surface area (TPSA) is 73.9 Å². The number of carbonyl (C=O) groups is 2. The fraction of sp³-hybridized carbons (Fsp3) is 0.308. The van der Waals surface area contributed by atoms with Gasteiger partial charge in [0.15, 0.2) is 17.3 Å². The zero-order valence-corrected chi connectivity index (χ0v) is 21.1. The predicted octanol–water partition coefficient (Wildman–Crippen LogP) is 5.76. The summed E-state index contributed by atoms with van der Waals surface area (Å²) in [6, 6.07) is 11.3. The summed E-state index contributed by atoms with van der Waals surface area (Å²) in [4.78, 5) is 26.8. The molecule has 2 heterocycles. The molecule has 1 aliphatic carbocycles. The van der Waals surface area contributed by atoms with E-state index < -0.39 is 11.9 Å². The normalized spacial score (nSPS) is 21.4. The molecule has 0 saturated heterocycles. The second-order valence-electron chi connectivity index (χ2n) is 8.52. The van der Waals surface area contributed by atoms with E-state index in [2.05, 4.69) is 21.2 Å². The lowest BCUT2D eigenvalue weighted by Gasteiger charge is -2.37. The van der Waals surface area contributed by atoms with Crippen LogP contribution in [0.5, 0.6) is 11.5 Å². The lowest BCUT2D eigenvalue weighted by atomic mass is 9.71. The Bertz CT molecular complexity index is 1250. The van der Waals surface area contributed by atoms with Crippen LogP contribution in [0.4, 0.5) is 0 Å². The van der Waals surface area contributed by atoms with Gasteiger partial charge in [-0.3, -0.25) is 4.79 Å². The quantitative estimate of drug-likeness (QED) is 0.494. The molecule has 0 spiro atoms. The van der Waals surface area contributed by atoms with Gasteiger partial charge in [0.25, 0.3) is 0 Å². The third-order valence-corrected chi connectivity index (χ3v) is 7.41. The zero-order chi connectivity index (χ0) is 24.0. The highest BCUT2D eigenvalue weighted by molar-refractivity contribution is 9.10. The van der Waals surface area contributed by atoms with Crippen molar-refractivity contribution in [3.8, 4) is 11.5 Å². The minimum Gasteiger partial charge on any atom is -0.463 e. The van der Waals surface area contributed by atoms with E-state index in [1.807, 2.05) is 43.3 Å². The number of esters is 1. The van der Waals surface area contributed by atoms with Gasteiger partial charge in [-0.1, -0.05) is 39.7 Å². The van der Waals surface area contributed by atoms with E-state index in [1.165, 1.54) is 0 Å². The maximum Gasteiger partial charge on any atom is 0.336 e. The van der Waals surface area contributed by atoms with Crippen LogP contribution in [0.25, 0.3) is 0 Å². The summed E-state index contributed by atoms with van der Waals surface area (Å²) in [6.45, 7) is 3.98. The van der Waals surface area contributed by atoms with Gasteiger partial charge in [0.05, 0.1) is 12.2 Å². The van der Waals surface area contributed by atoms with Crippen LogP contribution >= 0.6 is 27.5 Å². The molecule has 0 amide bonds. The number of hydrogen-bond donors (Lipinski definition) is 1. The lowest BCUT2D eigenvalue weighted by Crippen LogP contribution is -2.36. The molecule has 1 N–H and O–H groups in total. The van der Waals surface area contributed by atoms with E-state index >= 15 is 0 Å². The van der Waals surface area contributed by atoms with Gasteiger partial charge in [-0.25, -0.2) is 4.79 Å². The molecule has 0 unspecified atom stereocenters. The summed E-state index contributed by atoms with van der Waals surface area (Å²) in [5.41, 5.74) is 4.35. The van der Waals surface area contributed by atoms with Crippen LogP contribution in [0.1, 0.15) is 49.7 Å².